The van der Waals surface area contributed by atoms with E-state index in [9.17, 15) is 39.6 Å². The summed E-state index contributed by atoms with van der Waals surface area (Å²) in [5, 5.41) is 38.1. The topological polar surface area (TPSA) is 149 Å². The van der Waals surface area contributed by atoms with Gasteiger partial charge in [-0.25, -0.2) is 0 Å². The van der Waals surface area contributed by atoms with Crippen molar-refractivity contribution in [3.8, 4) is 0 Å². The first-order valence-electron chi connectivity index (χ1n) is 8.03. The second kappa shape index (κ2) is 6.07. The van der Waals surface area contributed by atoms with Crippen molar-refractivity contribution in [2.75, 3.05) is 0 Å². The lowest BCUT2D eigenvalue weighted by Gasteiger charge is -2.63. The molecule has 2 aliphatic rings. The Hall–Kier alpha value is -2.12. The van der Waals surface area contributed by atoms with E-state index in [4.69, 9.17) is 0 Å². The molecule has 0 bridgehead atoms. The summed E-state index contributed by atoms with van der Waals surface area (Å²) in [7, 11) is 0. The number of carboxylic acid groups (broad SMARTS) is 4. The van der Waals surface area contributed by atoms with Crippen molar-refractivity contribution < 1.29 is 39.6 Å². The third-order valence-corrected chi connectivity index (χ3v) is 6.06. The van der Waals surface area contributed by atoms with E-state index < -0.39 is 64.8 Å². The van der Waals surface area contributed by atoms with E-state index in [1.54, 1.807) is 6.92 Å². The van der Waals surface area contributed by atoms with Gasteiger partial charge in [-0.3, -0.25) is 19.2 Å². The quantitative estimate of drug-likeness (QED) is 0.563. The fourth-order valence-electron chi connectivity index (χ4n) is 5.40. The SMILES string of the molecule is CCCC1(C(=O)O)C(C(=O)O)C2CC(C(=O)O)C(C(=O)O)C(C)C21. The van der Waals surface area contributed by atoms with Crippen molar-refractivity contribution in [1.29, 1.82) is 0 Å². The van der Waals surface area contributed by atoms with E-state index in [0.29, 0.717) is 6.42 Å². The average molecular weight is 342 g/mol. The molecular formula is C16H22O8. The van der Waals surface area contributed by atoms with Gasteiger partial charge >= 0.3 is 23.9 Å². The maximum atomic E-state index is 12.0. The maximum Gasteiger partial charge on any atom is 0.310 e. The maximum absolute atomic E-state index is 12.0. The van der Waals surface area contributed by atoms with Crippen LogP contribution in [0.1, 0.15) is 33.1 Å². The van der Waals surface area contributed by atoms with Gasteiger partial charge in [0, 0.05) is 0 Å². The van der Waals surface area contributed by atoms with Crippen LogP contribution in [0.4, 0.5) is 0 Å². The standard InChI is InChI=1S/C16H22O8/c1-3-4-16(15(23)24)10-6(2)9(13(19)20)7(12(17)18)5-8(10)11(16)14(21)22/h6-11H,3-5H2,1-2H3,(H,17,18)(H,19,20)(H,21,22)(H,23,24). The predicted octanol–water partition coefficient (Wildman–Crippen LogP) is 1.25. The summed E-state index contributed by atoms with van der Waals surface area (Å²) in [6.45, 7) is 3.29. The molecule has 4 N–H and O–H groups in total. The van der Waals surface area contributed by atoms with E-state index in [0.717, 1.165) is 0 Å². The van der Waals surface area contributed by atoms with Crippen LogP contribution in [-0.4, -0.2) is 44.3 Å². The lowest BCUT2D eigenvalue weighted by Crippen LogP contribution is -2.69. The molecule has 0 aromatic rings. The van der Waals surface area contributed by atoms with E-state index in [-0.39, 0.29) is 12.8 Å². The van der Waals surface area contributed by atoms with Crippen LogP contribution < -0.4 is 0 Å². The van der Waals surface area contributed by atoms with Crippen molar-refractivity contribution in [3.63, 3.8) is 0 Å². The molecule has 0 amide bonds. The zero-order valence-corrected chi connectivity index (χ0v) is 13.5. The van der Waals surface area contributed by atoms with Gasteiger partial charge in [0.25, 0.3) is 0 Å². The van der Waals surface area contributed by atoms with E-state index in [1.807, 2.05) is 0 Å². The van der Waals surface area contributed by atoms with Crippen molar-refractivity contribution in [1.82, 2.24) is 0 Å². The molecule has 0 radical (unpaired) electrons. The lowest BCUT2D eigenvalue weighted by atomic mass is 9.37. The third kappa shape index (κ3) is 2.27. The third-order valence-electron chi connectivity index (χ3n) is 6.06. The highest BCUT2D eigenvalue weighted by Gasteiger charge is 2.73. The first-order valence-corrected chi connectivity index (χ1v) is 8.03. The van der Waals surface area contributed by atoms with Gasteiger partial charge in [-0.15, -0.1) is 0 Å². The summed E-state index contributed by atoms with van der Waals surface area (Å²) in [6.07, 6.45) is 0.470. The van der Waals surface area contributed by atoms with Gasteiger partial charge in [0.2, 0.25) is 0 Å². The molecule has 7 atom stereocenters. The molecule has 8 nitrogen and oxygen atoms in total. The second-order valence-corrected chi connectivity index (χ2v) is 7.00. The Balaban J connectivity index is 2.53. The minimum atomic E-state index is -1.53. The minimum absolute atomic E-state index is 0.114. The summed E-state index contributed by atoms with van der Waals surface area (Å²) < 4.78 is 0. The Morgan fingerprint density at radius 3 is 1.96 bits per heavy atom. The Bertz CT molecular complexity index is 583. The van der Waals surface area contributed by atoms with Gasteiger partial charge in [-0.2, -0.15) is 0 Å². The van der Waals surface area contributed by atoms with Gasteiger partial charge in [0.1, 0.15) is 0 Å². The molecule has 7 unspecified atom stereocenters. The van der Waals surface area contributed by atoms with E-state index >= 15 is 0 Å². The zero-order chi connectivity index (χ0) is 18.4. The molecule has 0 aromatic carbocycles. The fraction of sp³-hybridized carbons (Fsp3) is 0.750. The molecule has 0 aliphatic heterocycles. The first-order chi connectivity index (χ1) is 11.1. The van der Waals surface area contributed by atoms with Crippen LogP contribution in [0.5, 0.6) is 0 Å². The summed E-state index contributed by atoms with van der Waals surface area (Å²) >= 11 is 0. The molecule has 2 saturated carbocycles. The Kier molecular flexibility index (Phi) is 4.61. The molecular weight excluding hydrogens is 320 g/mol. The van der Waals surface area contributed by atoms with E-state index in [2.05, 4.69) is 0 Å². The highest BCUT2D eigenvalue weighted by atomic mass is 16.4. The van der Waals surface area contributed by atoms with Gasteiger partial charge < -0.3 is 20.4 Å². The van der Waals surface area contributed by atoms with Crippen LogP contribution in [0.2, 0.25) is 0 Å². The molecule has 134 valence electrons. The molecule has 0 saturated heterocycles. The summed E-state index contributed by atoms with van der Waals surface area (Å²) in [6, 6.07) is 0. The largest absolute Gasteiger partial charge is 0.481 e. The van der Waals surface area contributed by atoms with Gasteiger partial charge in [0.05, 0.1) is 23.2 Å². The Morgan fingerprint density at radius 2 is 1.58 bits per heavy atom. The molecule has 2 fully saturated rings. The van der Waals surface area contributed by atoms with Crippen LogP contribution in [-0.2, 0) is 19.2 Å². The zero-order valence-electron chi connectivity index (χ0n) is 13.5. The predicted molar refractivity (Wildman–Crippen MR) is 79.1 cm³/mol. The molecule has 2 aliphatic carbocycles. The van der Waals surface area contributed by atoms with Crippen LogP contribution in [0, 0.1) is 40.9 Å². The minimum Gasteiger partial charge on any atom is -0.481 e. The highest BCUT2D eigenvalue weighted by Crippen LogP contribution is 2.67. The number of carboxylic acids is 4. The van der Waals surface area contributed by atoms with Crippen LogP contribution in [0.3, 0.4) is 0 Å². The molecule has 0 heterocycles. The Morgan fingerprint density at radius 1 is 1.00 bits per heavy atom. The Labute approximate surface area is 138 Å². The molecule has 24 heavy (non-hydrogen) atoms. The number of hydrogen-bond acceptors (Lipinski definition) is 4. The van der Waals surface area contributed by atoms with Crippen molar-refractivity contribution >= 4 is 23.9 Å². The normalized spacial score (nSPS) is 40.9. The average Bonchev–Trinajstić information content (AvgIpc) is 2.42. The number of rotatable bonds is 6. The number of aliphatic carboxylic acids is 4. The molecule has 0 aromatic heterocycles. The first kappa shape index (κ1) is 18.2. The molecule has 2 rings (SSSR count). The second-order valence-electron chi connectivity index (χ2n) is 7.00. The van der Waals surface area contributed by atoms with Gasteiger partial charge in [-0.1, -0.05) is 20.3 Å². The fourth-order valence-corrected chi connectivity index (χ4v) is 5.40. The summed E-state index contributed by atoms with van der Waals surface area (Å²) in [5.74, 6) is -10.6. The molecule has 8 heteroatoms. The van der Waals surface area contributed by atoms with Gasteiger partial charge in [0.15, 0.2) is 0 Å². The highest BCUT2D eigenvalue weighted by molar-refractivity contribution is 5.88. The van der Waals surface area contributed by atoms with Crippen LogP contribution in [0.15, 0.2) is 0 Å². The summed E-state index contributed by atoms with van der Waals surface area (Å²) in [4.78, 5) is 46.7. The van der Waals surface area contributed by atoms with Crippen LogP contribution >= 0.6 is 0 Å². The van der Waals surface area contributed by atoms with Crippen molar-refractivity contribution in [2.24, 2.45) is 40.9 Å². The lowest BCUT2D eigenvalue weighted by molar-refractivity contribution is -0.228. The van der Waals surface area contributed by atoms with Crippen molar-refractivity contribution in [3.05, 3.63) is 0 Å². The smallest absolute Gasteiger partial charge is 0.310 e. The van der Waals surface area contributed by atoms with Crippen LogP contribution in [0.25, 0.3) is 0 Å². The van der Waals surface area contributed by atoms with Gasteiger partial charge in [-0.05, 0) is 30.6 Å². The number of hydrogen-bond donors (Lipinski definition) is 4. The van der Waals surface area contributed by atoms with Crippen molar-refractivity contribution in [2.45, 2.75) is 33.1 Å². The summed E-state index contributed by atoms with van der Waals surface area (Å²) in [5.41, 5.74) is -1.53. The van der Waals surface area contributed by atoms with E-state index in [1.165, 1.54) is 6.92 Å². The monoisotopic (exact) mass is 342 g/mol. The molecule has 0 spiro atoms. The number of fused-ring (bicyclic) bond motifs is 1. The number of carbonyl (C=O) groups is 4.